The number of aromatic nitrogens is 1. The Kier molecular flexibility index (Phi) is 5.12. The normalized spacial score (nSPS) is 10.7. The third-order valence-electron chi connectivity index (χ3n) is 2.54. The maximum Gasteiger partial charge on any atom is 0.126 e. The van der Waals surface area contributed by atoms with Crippen LogP contribution in [0.5, 0.6) is 0 Å². The van der Waals surface area contributed by atoms with Crippen LogP contribution in [0.4, 0.5) is 5.82 Å². The van der Waals surface area contributed by atoms with Crippen LogP contribution < -0.4 is 5.32 Å². The third kappa shape index (κ3) is 4.30. The number of anilines is 1. The van der Waals surface area contributed by atoms with Crippen LogP contribution in [0.25, 0.3) is 0 Å². The first-order chi connectivity index (χ1) is 7.26. The predicted octanol–water partition coefficient (Wildman–Crippen LogP) is 2.14. The Bertz CT molecular complexity index is 282. The van der Waals surface area contributed by atoms with Gasteiger partial charge in [0.05, 0.1) is 0 Å². The predicted molar refractivity (Wildman–Crippen MR) is 65.3 cm³/mol. The number of nitrogens with one attached hydrogen (secondary N) is 1. The van der Waals surface area contributed by atoms with Crippen LogP contribution in [0, 0.1) is 6.92 Å². The highest BCUT2D eigenvalue weighted by molar-refractivity contribution is 5.36. The van der Waals surface area contributed by atoms with E-state index in [1.54, 1.807) is 0 Å². The van der Waals surface area contributed by atoms with Gasteiger partial charge in [-0.2, -0.15) is 0 Å². The highest BCUT2D eigenvalue weighted by Crippen LogP contribution is 2.04. The highest BCUT2D eigenvalue weighted by Gasteiger charge is 1.98. The van der Waals surface area contributed by atoms with Gasteiger partial charge in [-0.3, -0.25) is 0 Å². The lowest BCUT2D eigenvalue weighted by Gasteiger charge is -2.18. The van der Waals surface area contributed by atoms with Gasteiger partial charge in [-0.1, -0.05) is 13.8 Å². The van der Waals surface area contributed by atoms with Gasteiger partial charge in [0, 0.05) is 19.3 Å². The lowest BCUT2D eigenvalue weighted by Crippen LogP contribution is -2.28. The summed E-state index contributed by atoms with van der Waals surface area (Å²) in [5, 5.41) is 3.33. The zero-order chi connectivity index (χ0) is 11.1. The number of aryl methyl sites for hydroxylation is 1. The van der Waals surface area contributed by atoms with Crippen molar-refractivity contribution in [1.29, 1.82) is 0 Å². The van der Waals surface area contributed by atoms with Crippen LogP contribution in [-0.4, -0.2) is 36.1 Å². The summed E-state index contributed by atoms with van der Waals surface area (Å²) in [5.74, 6) is 0.974. The minimum atomic E-state index is 0.956. The topological polar surface area (TPSA) is 28.2 Å². The lowest BCUT2D eigenvalue weighted by molar-refractivity contribution is 0.316. The Balaban J connectivity index is 2.31. The van der Waals surface area contributed by atoms with E-state index in [0.29, 0.717) is 0 Å². The van der Waals surface area contributed by atoms with Gasteiger partial charge in [0.1, 0.15) is 5.82 Å². The summed E-state index contributed by atoms with van der Waals surface area (Å²) in [5.41, 5.74) is 1.25. The molecule has 3 nitrogen and oxygen atoms in total. The van der Waals surface area contributed by atoms with Crippen LogP contribution in [0.1, 0.15) is 19.4 Å². The van der Waals surface area contributed by atoms with Gasteiger partial charge in [0.25, 0.3) is 0 Å². The fourth-order valence-electron chi connectivity index (χ4n) is 1.51. The Hall–Kier alpha value is -1.09. The van der Waals surface area contributed by atoms with Gasteiger partial charge in [-0.05, 0) is 37.7 Å². The molecule has 0 amide bonds. The largest absolute Gasteiger partial charge is 0.369 e. The van der Waals surface area contributed by atoms with E-state index in [9.17, 15) is 0 Å². The quantitative estimate of drug-likeness (QED) is 0.774. The lowest BCUT2D eigenvalue weighted by atomic mass is 10.3. The van der Waals surface area contributed by atoms with Gasteiger partial charge in [0.15, 0.2) is 0 Å². The highest BCUT2D eigenvalue weighted by atomic mass is 15.1. The van der Waals surface area contributed by atoms with Crippen molar-refractivity contribution >= 4 is 5.82 Å². The number of nitrogens with zero attached hydrogens (tertiary/aromatic N) is 2. The van der Waals surface area contributed by atoms with Gasteiger partial charge in [-0.15, -0.1) is 0 Å². The minimum Gasteiger partial charge on any atom is -0.369 e. The molecule has 1 aromatic rings. The average Bonchev–Trinajstić information content (AvgIpc) is 2.25. The number of hydrogen-bond donors (Lipinski definition) is 1. The summed E-state index contributed by atoms with van der Waals surface area (Å²) >= 11 is 0. The van der Waals surface area contributed by atoms with E-state index in [1.807, 2.05) is 12.3 Å². The molecule has 0 radical (unpaired) electrons. The van der Waals surface area contributed by atoms with E-state index in [4.69, 9.17) is 0 Å². The van der Waals surface area contributed by atoms with Gasteiger partial charge >= 0.3 is 0 Å². The van der Waals surface area contributed by atoms with Crippen molar-refractivity contribution < 1.29 is 0 Å². The Morgan fingerprint density at radius 2 is 2.07 bits per heavy atom. The molecule has 0 aliphatic heterocycles. The molecule has 1 heterocycles. The molecule has 0 atom stereocenters. The number of rotatable bonds is 6. The first kappa shape index (κ1) is 12.0. The molecule has 0 saturated carbocycles. The van der Waals surface area contributed by atoms with Crippen molar-refractivity contribution in [3.8, 4) is 0 Å². The standard InChI is InChI=1S/C12H21N3/c1-4-15(5-2)9-8-14-12-10-11(3)6-7-13-12/h6-7,10H,4-5,8-9H2,1-3H3,(H,13,14). The molecule has 1 aromatic heterocycles. The summed E-state index contributed by atoms with van der Waals surface area (Å²) in [6.45, 7) is 10.7. The van der Waals surface area contributed by atoms with Crippen molar-refractivity contribution in [1.82, 2.24) is 9.88 Å². The Labute approximate surface area is 92.5 Å². The molecule has 15 heavy (non-hydrogen) atoms. The number of hydrogen-bond acceptors (Lipinski definition) is 3. The zero-order valence-corrected chi connectivity index (χ0v) is 9.95. The second kappa shape index (κ2) is 6.40. The maximum absolute atomic E-state index is 4.26. The molecule has 0 spiro atoms. The van der Waals surface area contributed by atoms with E-state index in [1.165, 1.54) is 5.56 Å². The molecular formula is C12H21N3. The van der Waals surface area contributed by atoms with Crippen LogP contribution >= 0.6 is 0 Å². The maximum atomic E-state index is 4.26. The number of likely N-dealkylation sites (N-methyl/N-ethyl adjacent to an activating group) is 1. The molecule has 3 heteroatoms. The molecule has 84 valence electrons. The smallest absolute Gasteiger partial charge is 0.126 e. The molecule has 0 aliphatic rings. The molecule has 0 aliphatic carbocycles. The van der Waals surface area contributed by atoms with E-state index in [0.717, 1.165) is 32.0 Å². The number of pyridine rings is 1. The van der Waals surface area contributed by atoms with Gasteiger partial charge in [-0.25, -0.2) is 4.98 Å². The minimum absolute atomic E-state index is 0.956. The molecule has 0 aromatic carbocycles. The third-order valence-corrected chi connectivity index (χ3v) is 2.54. The first-order valence-electron chi connectivity index (χ1n) is 5.65. The van der Waals surface area contributed by atoms with Crippen molar-refractivity contribution in [2.24, 2.45) is 0 Å². The van der Waals surface area contributed by atoms with E-state index < -0.39 is 0 Å². The van der Waals surface area contributed by atoms with E-state index in [2.05, 4.69) is 42.0 Å². The molecule has 0 unspecified atom stereocenters. The van der Waals surface area contributed by atoms with Crippen LogP contribution in [-0.2, 0) is 0 Å². The van der Waals surface area contributed by atoms with Crippen molar-refractivity contribution in [3.63, 3.8) is 0 Å². The first-order valence-corrected chi connectivity index (χ1v) is 5.65. The van der Waals surface area contributed by atoms with Crippen molar-refractivity contribution in [2.45, 2.75) is 20.8 Å². The van der Waals surface area contributed by atoms with E-state index in [-0.39, 0.29) is 0 Å². The monoisotopic (exact) mass is 207 g/mol. The summed E-state index contributed by atoms with van der Waals surface area (Å²) < 4.78 is 0. The second-order valence-corrected chi connectivity index (χ2v) is 3.67. The van der Waals surface area contributed by atoms with E-state index >= 15 is 0 Å². The zero-order valence-electron chi connectivity index (χ0n) is 9.95. The molecule has 1 rings (SSSR count). The summed E-state index contributed by atoms with van der Waals surface area (Å²) in [4.78, 5) is 6.65. The molecule has 1 N–H and O–H groups in total. The summed E-state index contributed by atoms with van der Waals surface area (Å²) in [7, 11) is 0. The molecule has 0 bridgehead atoms. The summed E-state index contributed by atoms with van der Waals surface area (Å²) in [6.07, 6.45) is 1.84. The average molecular weight is 207 g/mol. The van der Waals surface area contributed by atoms with Gasteiger partial charge in [0.2, 0.25) is 0 Å². The van der Waals surface area contributed by atoms with Crippen molar-refractivity contribution in [3.05, 3.63) is 23.9 Å². The second-order valence-electron chi connectivity index (χ2n) is 3.67. The molecular weight excluding hydrogens is 186 g/mol. The molecule has 0 fully saturated rings. The van der Waals surface area contributed by atoms with Gasteiger partial charge < -0.3 is 10.2 Å². The Morgan fingerprint density at radius 3 is 2.67 bits per heavy atom. The van der Waals surface area contributed by atoms with Crippen LogP contribution in [0.15, 0.2) is 18.3 Å². The Morgan fingerprint density at radius 1 is 1.33 bits per heavy atom. The fraction of sp³-hybridized carbons (Fsp3) is 0.583. The summed E-state index contributed by atoms with van der Waals surface area (Å²) in [6, 6.07) is 4.08. The fourth-order valence-corrected chi connectivity index (χ4v) is 1.51. The van der Waals surface area contributed by atoms with Crippen LogP contribution in [0.2, 0.25) is 0 Å². The molecule has 0 saturated heterocycles. The SMILES string of the molecule is CCN(CC)CCNc1cc(C)ccn1. The van der Waals surface area contributed by atoms with Crippen LogP contribution in [0.3, 0.4) is 0 Å². The van der Waals surface area contributed by atoms with Crippen molar-refractivity contribution in [2.75, 3.05) is 31.5 Å².